The maximum absolute atomic E-state index is 11.6. The van der Waals surface area contributed by atoms with Crippen molar-refractivity contribution in [3.63, 3.8) is 0 Å². The van der Waals surface area contributed by atoms with Crippen molar-refractivity contribution in [2.45, 2.75) is 18.6 Å². The molecule has 1 unspecified atom stereocenters. The summed E-state index contributed by atoms with van der Waals surface area (Å²) in [6.45, 7) is 2.75. The van der Waals surface area contributed by atoms with Gasteiger partial charge in [-0.15, -0.1) is 0 Å². The molecule has 0 saturated carbocycles. The van der Waals surface area contributed by atoms with Crippen molar-refractivity contribution in [1.29, 1.82) is 0 Å². The lowest BCUT2D eigenvalue weighted by Gasteiger charge is -2.09. The third-order valence-corrected chi connectivity index (χ3v) is 3.27. The van der Waals surface area contributed by atoms with Gasteiger partial charge in [0.15, 0.2) is 0 Å². The predicted molar refractivity (Wildman–Crippen MR) is 65.8 cm³/mol. The van der Waals surface area contributed by atoms with E-state index in [1.54, 1.807) is 11.8 Å². The molecule has 1 aromatic heterocycles. The molecule has 16 heavy (non-hydrogen) atoms. The van der Waals surface area contributed by atoms with Gasteiger partial charge < -0.3 is 10.4 Å². The highest BCUT2D eigenvalue weighted by atomic mass is 32.2. The number of hydrogen-bond donors (Lipinski definition) is 2. The summed E-state index contributed by atoms with van der Waals surface area (Å²) in [5, 5.41) is 12.5. The van der Waals surface area contributed by atoms with Gasteiger partial charge in [-0.05, 0) is 18.7 Å². The Balaban J connectivity index is 2.41. The number of carbonyl (C=O) groups excluding carboxylic acids is 1. The second-order valence-electron chi connectivity index (χ2n) is 3.52. The molecular weight excluding hydrogens is 224 g/mol. The van der Waals surface area contributed by atoms with Crippen LogP contribution < -0.4 is 5.32 Å². The fourth-order valence-electron chi connectivity index (χ4n) is 1.16. The number of thioether (sulfide) groups is 1. The average molecular weight is 240 g/mol. The Labute approximate surface area is 99.5 Å². The van der Waals surface area contributed by atoms with Crippen LogP contribution in [-0.2, 0) is 0 Å². The van der Waals surface area contributed by atoms with Crippen molar-refractivity contribution < 1.29 is 9.90 Å². The van der Waals surface area contributed by atoms with E-state index in [0.29, 0.717) is 17.4 Å². The largest absolute Gasteiger partial charge is 0.506 e. The molecule has 1 aromatic rings. The molecule has 1 heterocycles. The summed E-state index contributed by atoms with van der Waals surface area (Å²) in [5.74, 6) is -0.193. The number of amides is 1. The minimum absolute atomic E-state index is 0.00475. The summed E-state index contributed by atoms with van der Waals surface area (Å²) in [4.78, 5) is 15.3. The summed E-state index contributed by atoms with van der Waals surface area (Å²) in [6.07, 6.45) is 5.71. The summed E-state index contributed by atoms with van der Waals surface area (Å²) >= 11 is 1.77. The Morgan fingerprint density at radius 1 is 1.62 bits per heavy atom. The van der Waals surface area contributed by atoms with E-state index in [-0.39, 0.29) is 11.7 Å². The maximum Gasteiger partial charge on any atom is 0.252 e. The van der Waals surface area contributed by atoms with Crippen LogP contribution in [0, 0.1) is 0 Å². The molecule has 1 rings (SSSR count). The molecule has 0 spiro atoms. The lowest BCUT2D eigenvalue weighted by Crippen LogP contribution is -2.26. The first-order chi connectivity index (χ1) is 7.63. The molecule has 0 radical (unpaired) electrons. The molecule has 1 amide bonds. The zero-order valence-corrected chi connectivity index (χ0v) is 10.3. The molecule has 2 N–H and O–H groups in total. The Bertz CT molecular complexity index is 358. The molecular formula is C11H16N2O2S. The minimum Gasteiger partial charge on any atom is -0.506 e. The third kappa shape index (κ3) is 4.10. The van der Waals surface area contributed by atoms with Crippen molar-refractivity contribution in [2.24, 2.45) is 0 Å². The van der Waals surface area contributed by atoms with E-state index in [1.807, 2.05) is 6.26 Å². The normalized spacial score (nSPS) is 12.1. The number of rotatable bonds is 5. The van der Waals surface area contributed by atoms with Gasteiger partial charge in [-0.1, -0.05) is 6.92 Å². The quantitative estimate of drug-likeness (QED) is 0.821. The van der Waals surface area contributed by atoms with Gasteiger partial charge in [-0.3, -0.25) is 9.78 Å². The minimum atomic E-state index is -0.197. The van der Waals surface area contributed by atoms with Crippen LogP contribution in [0.3, 0.4) is 0 Å². The fraction of sp³-hybridized carbons (Fsp3) is 0.455. The van der Waals surface area contributed by atoms with E-state index < -0.39 is 0 Å². The number of nitrogens with zero attached hydrogens (tertiary/aromatic N) is 1. The van der Waals surface area contributed by atoms with E-state index >= 15 is 0 Å². The van der Waals surface area contributed by atoms with E-state index in [9.17, 15) is 4.79 Å². The van der Waals surface area contributed by atoms with Crippen molar-refractivity contribution in [2.75, 3.05) is 12.8 Å². The number of aromatic hydroxyl groups is 1. The van der Waals surface area contributed by atoms with Gasteiger partial charge in [0.05, 0.1) is 11.8 Å². The highest BCUT2D eigenvalue weighted by Crippen LogP contribution is 2.10. The molecule has 88 valence electrons. The van der Waals surface area contributed by atoms with Crippen molar-refractivity contribution in [3.8, 4) is 5.75 Å². The van der Waals surface area contributed by atoms with Crippen LogP contribution >= 0.6 is 11.8 Å². The number of nitrogens with one attached hydrogen (secondary N) is 1. The highest BCUT2D eigenvalue weighted by Gasteiger charge is 2.06. The van der Waals surface area contributed by atoms with Gasteiger partial charge in [0.2, 0.25) is 0 Å². The molecule has 0 aromatic carbocycles. The molecule has 0 bridgehead atoms. The molecule has 4 nitrogen and oxygen atoms in total. The summed E-state index contributed by atoms with van der Waals surface area (Å²) in [7, 11) is 0. The van der Waals surface area contributed by atoms with Gasteiger partial charge >= 0.3 is 0 Å². The van der Waals surface area contributed by atoms with Gasteiger partial charge in [-0.2, -0.15) is 11.8 Å². The lowest BCUT2D eigenvalue weighted by molar-refractivity contribution is 0.0952. The van der Waals surface area contributed by atoms with Crippen LogP contribution in [0.4, 0.5) is 0 Å². The van der Waals surface area contributed by atoms with E-state index in [4.69, 9.17) is 5.11 Å². The van der Waals surface area contributed by atoms with Crippen LogP contribution in [0.5, 0.6) is 5.75 Å². The first-order valence-corrected chi connectivity index (χ1v) is 6.37. The molecule has 0 aliphatic carbocycles. The van der Waals surface area contributed by atoms with Crippen LogP contribution in [0.25, 0.3) is 0 Å². The van der Waals surface area contributed by atoms with Gasteiger partial charge in [0.1, 0.15) is 5.75 Å². The van der Waals surface area contributed by atoms with Crippen molar-refractivity contribution in [1.82, 2.24) is 10.3 Å². The number of hydrogen-bond acceptors (Lipinski definition) is 4. The topological polar surface area (TPSA) is 62.2 Å². The van der Waals surface area contributed by atoms with Crippen LogP contribution in [0.1, 0.15) is 23.7 Å². The first kappa shape index (κ1) is 12.8. The zero-order valence-electron chi connectivity index (χ0n) is 9.43. The van der Waals surface area contributed by atoms with Gasteiger partial charge in [-0.25, -0.2) is 0 Å². The molecule has 0 fully saturated rings. The smallest absolute Gasteiger partial charge is 0.252 e. The lowest BCUT2D eigenvalue weighted by atomic mass is 10.2. The Hall–Kier alpha value is -1.23. The van der Waals surface area contributed by atoms with Crippen molar-refractivity contribution >= 4 is 17.7 Å². The monoisotopic (exact) mass is 240 g/mol. The number of aromatic nitrogens is 1. The molecule has 1 atom stereocenters. The SMILES string of the molecule is CSC(C)CCNC(=O)c1cncc(O)c1. The second-order valence-corrected chi connectivity index (χ2v) is 4.80. The summed E-state index contributed by atoms with van der Waals surface area (Å²) in [5.41, 5.74) is 0.386. The predicted octanol–water partition coefficient (Wildman–Crippen LogP) is 1.66. The van der Waals surface area contributed by atoms with Crippen molar-refractivity contribution in [3.05, 3.63) is 24.0 Å². The van der Waals surface area contributed by atoms with E-state index in [0.717, 1.165) is 6.42 Å². The standard InChI is InChI=1S/C11H16N2O2S/c1-8(16-2)3-4-13-11(15)9-5-10(14)7-12-6-9/h5-8,14H,3-4H2,1-2H3,(H,13,15). The third-order valence-electron chi connectivity index (χ3n) is 2.22. The molecule has 0 aliphatic heterocycles. The van der Waals surface area contributed by atoms with Crippen LogP contribution in [0.2, 0.25) is 0 Å². The first-order valence-electron chi connectivity index (χ1n) is 5.08. The number of pyridine rings is 1. The summed E-state index contributed by atoms with van der Waals surface area (Å²) < 4.78 is 0. The van der Waals surface area contributed by atoms with Gasteiger partial charge in [0, 0.05) is 18.0 Å². The Morgan fingerprint density at radius 3 is 3.00 bits per heavy atom. The van der Waals surface area contributed by atoms with Crippen LogP contribution in [-0.4, -0.2) is 34.0 Å². The highest BCUT2D eigenvalue weighted by molar-refractivity contribution is 7.99. The second kappa shape index (κ2) is 6.37. The average Bonchev–Trinajstić information content (AvgIpc) is 2.28. The maximum atomic E-state index is 11.6. The van der Waals surface area contributed by atoms with E-state index in [2.05, 4.69) is 17.2 Å². The Morgan fingerprint density at radius 2 is 2.38 bits per heavy atom. The fourth-order valence-corrected chi connectivity index (χ4v) is 1.51. The Kier molecular flexibility index (Phi) is 5.11. The molecule has 0 aliphatic rings. The molecule has 5 heteroatoms. The zero-order chi connectivity index (χ0) is 12.0. The van der Waals surface area contributed by atoms with E-state index in [1.165, 1.54) is 18.5 Å². The number of carbonyl (C=O) groups is 1. The van der Waals surface area contributed by atoms with Gasteiger partial charge in [0.25, 0.3) is 5.91 Å². The van der Waals surface area contributed by atoms with Crippen LogP contribution in [0.15, 0.2) is 18.5 Å². The molecule has 0 saturated heterocycles. The summed E-state index contributed by atoms with van der Waals surface area (Å²) in [6, 6.07) is 1.40.